The normalized spacial score (nSPS) is 14.6. The molecule has 1 aliphatic rings. The van der Waals surface area contributed by atoms with Crippen molar-refractivity contribution >= 4 is 33.0 Å². The molecule has 2 heteroatoms. The van der Waals surface area contributed by atoms with E-state index in [9.17, 15) is 0 Å². The van der Waals surface area contributed by atoms with Crippen LogP contribution in [-0.2, 0) is 6.42 Å². The molecule has 0 bridgehead atoms. The maximum absolute atomic E-state index is 5.79. The Morgan fingerprint density at radius 2 is 2.21 bits per heavy atom. The highest BCUT2D eigenvalue weighted by molar-refractivity contribution is 9.10. The van der Waals surface area contributed by atoms with E-state index in [1.807, 2.05) is 6.07 Å². The van der Waals surface area contributed by atoms with Crippen molar-refractivity contribution in [2.24, 2.45) is 0 Å². The molecular weight excluding hydrogens is 240 g/mol. The Balaban J connectivity index is 2.43. The first-order chi connectivity index (χ1) is 6.86. The molecule has 0 N–H and O–H groups in total. The second-order valence-electron chi connectivity index (χ2n) is 3.50. The summed E-state index contributed by atoms with van der Waals surface area (Å²) in [4.78, 5) is 0. The number of rotatable bonds is 0. The smallest absolute Gasteiger partial charge is 0.149 e. The first-order valence-electron chi connectivity index (χ1n) is 4.73. The Kier molecular flexibility index (Phi) is 1.77. The van der Waals surface area contributed by atoms with Gasteiger partial charge >= 0.3 is 0 Å². The molecule has 1 aromatic carbocycles. The molecule has 3 rings (SSSR count). The van der Waals surface area contributed by atoms with E-state index in [2.05, 4.69) is 40.2 Å². The number of para-hydroxylation sites is 1. The van der Waals surface area contributed by atoms with Gasteiger partial charge in [0.2, 0.25) is 0 Å². The molecule has 0 saturated heterocycles. The lowest BCUT2D eigenvalue weighted by molar-refractivity contribution is 0.594. The SMILES string of the molecule is Brc1cccc2c3c(oc12)C=CCC3. The number of hydrogen-bond acceptors (Lipinski definition) is 1. The summed E-state index contributed by atoms with van der Waals surface area (Å²) in [5, 5.41) is 1.25. The van der Waals surface area contributed by atoms with Crippen molar-refractivity contribution in [3.63, 3.8) is 0 Å². The van der Waals surface area contributed by atoms with Gasteiger partial charge in [0, 0.05) is 10.9 Å². The van der Waals surface area contributed by atoms with E-state index in [0.717, 1.165) is 28.7 Å². The number of benzene rings is 1. The van der Waals surface area contributed by atoms with E-state index in [1.54, 1.807) is 0 Å². The molecule has 70 valence electrons. The third-order valence-corrected chi connectivity index (χ3v) is 3.26. The van der Waals surface area contributed by atoms with Gasteiger partial charge in [-0.25, -0.2) is 0 Å². The topological polar surface area (TPSA) is 13.1 Å². The number of hydrogen-bond donors (Lipinski definition) is 0. The summed E-state index contributed by atoms with van der Waals surface area (Å²) in [6.45, 7) is 0. The largest absolute Gasteiger partial charge is 0.455 e. The fourth-order valence-corrected chi connectivity index (χ4v) is 2.41. The molecule has 0 unspecified atom stereocenters. The van der Waals surface area contributed by atoms with Crippen molar-refractivity contribution in [1.82, 2.24) is 0 Å². The standard InChI is InChI=1S/C12H9BrO/c13-10-6-3-5-9-8-4-1-2-7-11(8)14-12(9)10/h2-3,5-7H,1,4H2. The molecular formula is C12H9BrO. The molecule has 1 heterocycles. The fourth-order valence-electron chi connectivity index (χ4n) is 1.97. The Morgan fingerprint density at radius 3 is 3.14 bits per heavy atom. The van der Waals surface area contributed by atoms with E-state index in [-0.39, 0.29) is 0 Å². The van der Waals surface area contributed by atoms with Crippen molar-refractivity contribution in [2.75, 3.05) is 0 Å². The second kappa shape index (κ2) is 2.99. The molecule has 1 aliphatic carbocycles. The molecule has 2 aromatic rings. The molecule has 1 nitrogen and oxygen atoms in total. The van der Waals surface area contributed by atoms with Gasteiger partial charge in [-0.1, -0.05) is 18.2 Å². The summed E-state index contributed by atoms with van der Waals surface area (Å²) in [5.41, 5.74) is 2.33. The predicted octanol–water partition coefficient (Wildman–Crippen LogP) is 4.15. The molecule has 1 aromatic heterocycles. The van der Waals surface area contributed by atoms with Crippen molar-refractivity contribution in [2.45, 2.75) is 12.8 Å². The minimum Gasteiger partial charge on any atom is -0.455 e. The Labute approximate surface area is 90.5 Å². The van der Waals surface area contributed by atoms with Crippen LogP contribution in [0, 0.1) is 0 Å². The predicted molar refractivity (Wildman–Crippen MR) is 61.3 cm³/mol. The van der Waals surface area contributed by atoms with Crippen molar-refractivity contribution in [3.8, 4) is 0 Å². The molecule has 0 fully saturated rings. The lowest BCUT2D eigenvalue weighted by atomic mass is 10.0. The zero-order valence-electron chi connectivity index (χ0n) is 7.59. The minimum absolute atomic E-state index is 0.976. The van der Waals surface area contributed by atoms with Crippen molar-refractivity contribution in [1.29, 1.82) is 0 Å². The monoisotopic (exact) mass is 248 g/mol. The molecule has 0 atom stereocenters. The summed E-state index contributed by atoms with van der Waals surface area (Å²) in [6.07, 6.45) is 6.45. The third-order valence-electron chi connectivity index (χ3n) is 2.63. The van der Waals surface area contributed by atoms with Gasteiger partial charge in [0.25, 0.3) is 0 Å². The molecule has 0 radical (unpaired) electrons. The van der Waals surface area contributed by atoms with Crippen molar-refractivity contribution in [3.05, 3.63) is 40.1 Å². The average molecular weight is 249 g/mol. The highest BCUT2D eigenvalue weighted by Gasteiger charge is 2.15. The molecule has 0 spiro atoms. The minimum atomic E-state index is 0.976. The number of furan rings is 1. The van der Waals surface area contributed by atoms with Crippen LogP contribution >= 0.6 is 15.9 Å². The summed E-state index contributed by atoms with van der Waals surface area (Å²) in [5.74, 6) is 1.03. The Morgan fingerprint density at radius 1 is 1.29 bits per heavy atom. The third kappa shape index (κ3) is 1.07. The van der Waals surface area contributed by atoms with Crippen LogP contribution in [0.5, 0.6) is 0 Å². The molecule has 0 amide bonds. The van der Waals surface area contributed by atoms with Gasteiger partial charge in [-0.3, -0.25) is 0 Å². The van der Waals surface area contributed by atoms with Crippen molar-refractivity contribution < 1.29 is 4.42 Å². The van der Waals surface area contributed by atoms with Crippen LogP contribution in [0.3, 0.4) is 0 Å². The van der Waals surface area contributed by atoms with Gasteiger partial charge in [0.1, 0.15) is 11.3 Å². The van der Waals surface area contributed by atoms with Crippen LogP contribution < -0.4 is 0 Å². The lowest BCUT2D eigenvalue weighted by Gasteiger charge is -2.01. The maximum Gasteiger partial charge on any atom is 0.149 e. The Hall–Kier alpha value is -1.02. The maximum atomic E-state index is 5.79. The number of allylic oxidation sites excluding steroid dienone is 1. The summed E-state index contributed by atoms with van der Waals surface area (Å²) >= 11 is 3.51. The van der Waals surface area contributed by atoms with E-state index < -0.39 is 0 Å². The first-order valence-corrected chi connectivity index (χ1v) is 5.52. The van der Waals surface area contributed by atoms with Gasteiger partial charge in [0.15, 0.2) is 0 Å². The number of aryl methyl sites for hydroxylation is 1. The van der Waals surface area contributed by atoms with Gasteiger partial charge < -0.3 is 4.42 Å². The number of halogens is 1. The lowest BCUT2D eigenvalue weighted by Crippen LogP contribution is -1.88. The van der Waals surface area contributed by atoms with Crippen LogP contribution in [-0.4, -0.2) is 0 Å². The van der Waals surface area contributed by atoms with Gasteiger partial charge in [-0.2, -0.15) is 0 Å². The van der Waals surface area contributed by atoms with E-state index in [0.29, 0.717) is 0 Å². The van der Waals surface area contributed by atoms with Crippen LogP contribution in [0.15, 0.2) is 33.2 Å². The van der Waals surface area contributed by atoms with Gasteiger partial charge in [0.05, 0.1) is 4.47 Å². The Bertz CT molecular complexity index is 522. The molecule has 14 heavy (non-hydrogen) atoms. The van der Waals surface area contributed by atoms with E-state index in [4.69, 9.17) is 4.42 Å². The highest BCUT2D eigenvalue weighted by Crippen LogP contribution is 2.34. The van der Waals surface area contributed by atoms with Crippen LogP contribution in [0.2, 0.25) is 0 Å². The zero-order chi connectivity index (χ0) is 9.54. The number of fused-ring (bicyclic) bond motifs is 3. The highest BCUT2D eigenvalue weighted by atomic mass is 79.9. The molecule has 0 aliphatic heterocycles. The van der Waals surface area contributed by atoms with Crippen LogP contribution in [0.25, 0.3) is 17.0 Å². The average Bonchev–Trinajstić information content (AvgIpc) is 2.59. The van der Waals surface area contributed by atoms with Crippen LogP contribution in [0.1, 0.15) is 17.7 Å². The zero-order valence-corrected chi connectivity index (χ0v) is 9.17. The first kappa shape index (κ1) is 8.30. The molecule has 0 saturated carbocycles. The van der Waals surface area contributed by atoms with Crippen LogP contribution in [0.4, 0.5) is 0 Å². The van der Waals surface area contributed by atoms with E-state index in [1.165, 1.54) is 10.9 Å². The quantitative estimate of drug-likeness (QED) is 0.683. The fraction of sp³-hybridized carbons (Fsp3) is 0.167. The summed E-state index contributed by atoms with van der Waals surface area (Å²) < 4.78 is 6.83. The second-order valence-corrected chi connectivity index (χ2v) is 4.36. The van der Waals surface area contributed by atoms with Gasteiger partial charge in [-0.05, 0) is 40.9 Å². The summed E-state index contributed by atoms with van der Waals surface area (Å²) in [7, 11) is 0. The van der Waals surface area contributed by atoms with E-state index >= 15 is 0 Å². The van der Waals surface area contributed by atoms with Gasteiger partial charge in [-0.15, -0.1) is 0 Å². The summed E-state index contributed by atoms with van der Waals surface area (Å²) in [6, 6.07) is 6.20.